The monoisotopic (exact) mass is 238 g/mol. The Kier molecular flexibility index (Phi) is 4.87. The Morgan fingerprint density at radius 3 is 2.00 bits per heavy atom. The first-order valence-corrected chi connectivity index (χ1v) is 7.65. The summed E-state index contributed by atoms with van der Waals surface area (Å²) in [6.07, 6.45) is 8.54. The number of piperidine rings is 1. The molecular formula is C15H30N2. The maximum absolute atomic E-state index is 2.72. The van der Waals surface area contributed by atoms with Gasteiger partial charge in [-0.3, -0.25) is 0 Å². The van der Waals surface area contributed by atoms with Crippen LogP contribution in [0.5, 0.6) is 0 Å². The molecule has 2 fully saturated rings. The maximum atomic E-state index is 2.72. The Balaban J connectivity index is 1.78. The fourth-order valence-corrected chi connectivity index (χ4v) is 3.59. The fraction of sp³-hybridized carbons (Fsp3) is 1.00. The van der Waals surface area contributed by atoms with E-state index < -0.39 is 0 Å². The highest BCUT2D eigenvalue weighted by atomic mass is 15.2. The van der Waals surface area contributed by atoms with Crippen LogP contribution in [0.25, 0.3) is 0 Å². The van der Waals surface area contributed by atoms with Crippen molar-refractivity contribution in [1.82, 2.24) is 9.80 Å². The van der Waals surface area contributed by atoms with Gasteiger partial charge in [0.2, 0.25) is 0 Å². The van der Waals surface area contributed by atoms with Gasteiger partial charge in [-0.1, -0.05) is 13.8 Å². The van der Waals surface area contributed by atoms with Crippen LogP contribution in [0.2, 0.25) is 0 Å². The highest BCUT2D eigenvalue weighted by Gasteiger charge is 2.28. The lowest BCUT2D eigenvalue weighted by Crippen LogP contribution is -2.47. The molecular weight excluding hydrogens is 208 g/mol. The molecule has 100 valence electrons. The SMILES string of the molecule is CCN1CCC(N(C)C2CCC(C)CC2)CC1. The van der Waals surface area contributed by atoms with Crippen LogP contribution in [0, 0.1) is 5.92 Å². The van der Waals surface area contributed by atoms with E-state index in [9.17, 15) is 0 Å². The topological polar surface area (TPSA) is 6.48 Å². The molecule has 17 heavy (non-hydrogen) atoms. The molecule has 0 atom stereocenters. The molecule has 2 heteroatoms. The van der Waals surface area contributed by atoms with Crippen molar-refractivity contribution in [1.29, 1.82) is 0 Å². The third kappa shape index (κ3) is 3.45. The molecule has 0 N–H and O–H groups in total. The minimum atomic E-state index is 0.858. The van der Waals surface area contributed by atoms with E-state index in [0.717, 1.165) is 18.0 Å². The second kappa shape index (κ2) is 6.19. The van der Waals surface area contributed by atoms with Crippen LogP contribution in [-0.2, 0) is 0 Å². The van der Waals surface area contributed by atoms with Crippen molar-refractivity contribution in [3.05, 3.63) is 0 Å². The summed E-state index contributed by atoms with van der Waals surface area (Å²) in [5.41, 5.74) is 0. The van der Waals surface area contributed by atoms with Gasteiger partial charge in [0.05, 0.1) is 0 Å². The number of hydrogen-bond acceptors (Lipinski definition) is 2. The maximum Gasteiger partial charge on any atom is 0.0119 e. The molecule has 1 aliphatic carbocycles. The molecule has 1 saturated heterocycles. The number of hydrogen-bond donors (Lipinski definition) is 0. The average Bonchev–Trinajstić information content (AvgIpc) is 2.39. The first-order chi connectivity index (χ1) is 8.20. The minimum Gasteiger partial charge on any atom is -0.303 e. The predicted octanol–water partition coefficient (Wildman–Crippen LogP) is 2.98. The van der Waals surface area contributed by atoms with Gasteiger partial charge in [0.25, 0.3) is 0 Å². The first-order valence-electron chi connectivity index (χ1n) is 7.65. The Morgan fingerprint density at radius 1 is 0.941 bits per heavy atom. The zero-order valence-electron chi connectivity index (χ0n) is 12.0. The van der Waals surface area contributed by atoms with E-state index in [1.54, 1.807) is 0 Å². The van der Waals surface area contributed by atoms with Crippen molar-refractivity contribution in [2.75, 3.05) is 26.7 Å². The van der Waals surface area contributed by atoms with Crippen LogP contribution in [0.1, 0.15) is 52.4 Å². The summed E-state index contributed by atoms with van der Waals surface area (Å²) in [5.74, 6) is 0.974. The summed E-state index contributed by atoms with van der Waals surface area (Å²) in [6.45, 7) is 8.56. The number of rotatable bonds is 3. The van der Waals surface area contributed by atoms with Crippen molar-refractivity contribution < 1.29 is 0 Å². The van der Waals surface area contributed by atoms with Crippen LogP contribution in [-0.4, -0.2) is 48.6 Å². The first kappa shape index (κ1) is 13.4. The molecule has 0 unspecified atom stereocenters. The Labute approximate surface area is 107 Å². The van der Waals surface area contributed by atoms with Crippen molar-refractivity contribution in [2.45, 2.75) is 64.5 Å². The van der Waals surface area contributed by atoms with Gasteiger partial charge >= 0.3 is 0 Å². The zero-order valence-corrected chi connectivity index (χ0v) is 12.0. The number of likely N-dealkylation sites (tertiary alicyclic amines) is 1. The smallest absolute Gasteiger partial charge is 0.0119 e. The van der Waals surface area contributed by atoms with E-state index in [1.165, 1.54) is 58.2 Å². The largest absolute Gasteiger partial charge is 0.303 e. The van der Waals surface area contributed by atoms with Gasteiger partial charge in [-0.2, -0.15) is 0 Å². The van der Waals surface area contributed by atoms with Gasteiger partial charge in [0, 0.05) is 12.1 Å². The number of nitrogens with zero attached hydrogens (tertiary/aromatic N) is 2. The molecule has 2 nitrogen and oxygen atoms in total. The highest BCUT2D eigenvalue weighted by Crippen LogP contribution is 2.29. The van der Waals surface area contributed by atoms with E-state index in [-0.39, 0.29) is 0 Å². The predicted molar refractivity (Wildman–Crippen MR) is 74.3 cm³/mol. The molecule has 0 bridgehead atoms. The Bertz CT molecular complexity index is 213. The van der Waals surface area contributed by atoms with Crippen LogP contribution in [0.15, 0.2) is 0 Å². The summed E-state index contributed by atoms with van der Waals surface area (Å²) >= 11 is 0. The summed E-state index contributed by atoms with van der Waals surface area (Å²) in [7, 11) is 2.38. The second-order valence-electron chi connectivity index (χ2n) is 6.24. The third-order valence-corrected chi connectivity index (χ3v) is 5.14. The van der Waals surface area contributed by atoms with Crippen LogP contribution in [0.3, 0.4) is 0 Å². The molecule has 1 aliphatic heterocycles. The van der Waals surface area contributed by atoms with Gasteiger partial charge in [0.15, 0.2) is 0 Å². The van der Waals surface area contributed by atoms with E-state index in [1.807, 2.05) is 0 Å². The van der Waals surface area contributed by atoms with Crippen molar-refractivity contribution in [3.8, 4) is 0 Å². The molecule has 0 radical (unpaired) electrons. The lowest BCUT2D eigenvalue weighted by Gasteiger charge is -2.42. The summed E-state index contributed by atoms with van der Waals surface area (Å²) < 4.78 is 0. The van der Waals surface area contributed by atoms with Gasteiger partial charge in [-0.05, 0) is 71.1 Å². The van der Waals surface area contributed by atoms with Crippen molar-refractivity contribution >= 4 is 0 Å². The lowest BCUT2D eigenvalue weighted by molar-refractivity contribution is 0.0752. The average molecular weight is 238 g/mol. The summed E-state index contributed by atoms with van der Waals surface area (Å²) in [6, 6.07) is 1.74. The second-order valence-corrected chi connectivity index (χ2v) is 6.24. The molecule has 0 aromatic heterocycles. The molecule has 2 aliphatic rings. The third-order valence-electron chi connectivity index (χ3n) is 5.14. The molecule has 0 amide bonds. The minimum absolute atomic E-state index is 0.858. The van der Waals surface area contributed by atoms with Crippen LogP contribution in [0.4, 0.5) is 0 Å². The van der Waals surface area contributed by atoms with Gasteiger partial charge in [-0.25, -0.2) is 0 Å². The molecule has 0 aromatic rings. The molecule has 0 aromatic carbocycles. The molecule has 1 heterocycles. The van der Waals surface area contributed by atoms with Crippen LogP contribution >= 0.6 is 0 Å². The normalized spacial score (nSPS) is 33.2. The fourth-order valence-electron chi connectivity index (χ4n) is 3.59. The Hall–Kier alpha value is -0.0800. The summed E-state index contributed by atoms with van der Waals surface area (Å²) in [5, 5.41) is 0. The standard InChI is InChI=1S/C15H30N2/c1-4-17-11-9-15(10-12-17)16(3)14-7-5-13(2)6-8-14/h13-15H,4-12H2,1-3H3. The quantitative estimate of drug-likeness (QED) is 0.746. The van der Waals surface area contributed by atoms with E-state index in [2.05, 4.69) is 30.7 Å². The Morgan fingerprint density at radius 2 is 1.47 bits per heavy atom. The van der Waals surface area contributed by atoms with Crippen molar-refractivity contribution in [3.63, 3.8) is 0 Å². The lowest BCUT2D eigenvalue weighted by atomic mass is 9.85. The zero-order chi connectivity index (χ0) is 12.3. The van der Waals surface area contributed by atoms with Gasteiger partial charge in [0.1, 0.15) is 0 Å². The molecule has 0 spiro atoms. The van der Waals surface area contributed by atoms with E-state index in [0.29, 0.717) is 0 Å². The summed E-state index contributed by atoms with van der Waals surface area (Å²) in [4.78, 5) is 5.31. The van der Waals surface area contributed by atoms with Gasteiger partial charge < -0.3 is 9.80 Å². The van der Waals surface area contributed by atoms with E-state index >= 15 is 0 Å². The van der Waals surface area contributed by atoms with Crippen LogP contribution < -0.4 is 0 Å². The van der Waals surface area contributed by atoms with Gasteiger partial charge in [-0.15, -0.1) is 0 Å². The highest BCUT2D eigenvalue weighted by molar-refractivity contribution is 4.84. The van der Waals surface area contributed by atoms with Crippen molar-refractivity contribution in [2.24, 2.45) is 5.92 Å². The molecule has 1 saturated carbocycles. The van der Waals surface area contributed by atoms with E-state index in [4.69, 9.17) is 0 Å². The molecule has 2 rings (SSSR count).